The number of hydrogen-bond acceptors (Lipinski definition) is 4. The van der Waals surface area contributed by atoms with Crippen LogP contribution in [-0.4, -0.2) is 65.9 Å². The molecule has 0 saturated carbocycles. The number of methoxy groups -OCH3 is 1. The summed E-state index contributed by atoms with van der Waals surface area (Å²) in [6, 6.07) is 4.72. The molecule has 7 heteroatoms. The molecule has 2 heterocycles. The van der Waals surface area contributed by atoms with Gasteiger partial charge in [0.1, 0.15) is 12.4 Å². The number of carbonyl (C=O) groups excluding carboxylic acids is 1. The Labute approximate surface area is 147 Å². The lowest BCUT2D eigenvalue weighted by molar-refractivity contribution is 0.0407. The topological polar surface area (TPSA) is 79.3 Å². The van der Waals surface area contributed by atoms with E-state index < -0.39 is 5.97 Å². The summed E-state index contributed by atoms with van der Waals surface area (Å²) in [6.45, 7) is 4.08. The SMILES string of the molecule is COC1CCN(C(=O)N2Cc3ccc(C(=O)O)cc3OC[C@@H]2C)CC1. The molecule has 25 heavy (non-hydrogen) atoms. The molecule has 1 aromatic carbocycles. The molecule has 136 valence electrons. The molecule has 0 unspecified atom stereocenters. The zero-order chi connectivity index (χ0) is 18.0. The number of carboxylic acids is 1. The van der Waals surface area contributed by atoms with Gasteiger partial charge in [0.2, 0.25) is 0 Å². The van der Waals surface area contributed by atoms with Crippen LogP contribution >= 0.6 is 0 Å². The first-order valence-electron chi connectivity index (χ1n) is 8.57. The van der Waals surface area contributed by atoms with Gasteiger partial charge in [0.25, 0.3) is 0 Å². The zero-order valence-corrected chi connectivity index (χ0v) is 14.6. The van der Waals surface area contributed by atoms with E-state index in [9.17, 15) is 9.59 Å². The van der Waals surface area contributed by atoms with Crippen molar-refractivity contribution in [1.82, 2.24) is 9.80 Å². The van der Waals surface area contributed by atoms with Gasteiger partial charge in [-0.3, -0.25) is 0 Å². The smallest absolute Gasteiger partial charge is 0.335 e. The van der Waals surface area contributed by atoms with Gasteiger partial charge >= 0.3 is 12.0 Å². The summed E-state index contributed by atoms with van der Waals surface area (Å²) in [4.78, 5) is 27.8. The predicted molar refractivity (Wildman–Crippen MR) is 90.9 cm³/mol. The third kappa shape index (κ3) is 3.71. The number of carbonyl (C=O) groups is 2. The fourth-order valence-corrected chi connectivity index (χ4v) is 3.31. The number of carboxylic acid groups (broad SMARTS) is 1. The predicted octanol–water partition coefficient (Wildman–Crippen LogP) is 2.20. The molecule has 0 radical (unpaired) electrons. The van der Waals surface area contributed by atoms with E-state index in [0.29, 0.717) is 32.0 Å². The summed E-state index contributed by atoms with van der Waals surface area (Å²) in [5, 5.41) is 9.12. The number of aromatic carboxylic acids is 1. The first kappa shape index (κ1) is 17.5. The lowest BCUT2D eigenvalue weighted by atomic mass is 10.1. The van der Waals surface area contributed by atoms with Gasteiger partial charge in [0.05, 0.1) is 24.3 Å². The Morgan fingerprint density at radius 1 is 1.28 bits per heavy atom. The molecule has 1 saturated heterocycles. The van der Waals surface area contributed by atoms with Crippen LogP contribution in [0.1, 0.15) is 35.7 Å². The molecule has 1 fully saturated rings. The van der Waals surface area contributed by atoms with Crippen molar-refractivity contribution in [2.45, 2.75) is 38.5 Å². The molecule has 1 aromatic rings. The maximum Gasteiger partial charge on any atom is 0.335 e. The third-order valence-electron chi connectivity index (χ3n) is 4.96. The highest BCUT2D eigenvalue weighted by Gasteiger charge is 2.31. The maximum absolute atomic E-state index is 13.0. The normalized spacial score (nSPS) is 21.3. The molecule has 2 aliphatic rings. The van der Waals surface area contributed by atoms with E-state index >= 15 is 0 Å². The molecule has 2 amide bonds. The van der Waals surface area contributed by atoms with E-state index in [1.165, 1.54) is 6.07 Å². The quantitative estimate of drug-likeness (QED) is 0.886. The van der Waals surface area contributed by atoms with Gasteiger partial charge in [-0.15, -0.1) is 0 Å². The van der Waals surface area contributed by atoms with Crippen LogP contribution in [0.25, 0.3) is 0 Å². The van der Waals surface area contributed by atoms with Crippen LogP contribution in [0.5, 0.6) is 5.75 Å². The number of amides is 2. The number of rotatable bonds is 2. The number of benzene rings is 1. The molecule has 0 aliphatic carbocycles. The fraction of sp³-hybridized carbons (Fsp3) is 0.556. The number of nitrogens with zero attached hydrogens (tertiary/aromatic N) is 2. The average molecular weight is 348 g/mol. The number of piperidine rings is 1. The van der Waals surface area contributed by atoms with Crippen molar-refractivity contribution in [1.29, 1.82) is 0 Å². The van der Waals surface area contributed by atoms with E-state index in [-0.39, 0.29) is 23.7 Å². The number of likely N-dealkylation sites (tertiary alicyclic amines) is 1. The Kier molecular flexibility index (Phi) is 5.13. The molecule has 0 bridgehead atoms. The fourth-order valence-electron chi connectivity index (χ4n) is 3.31. The van der Waals surface area contributed by atoms with E-state index in [1.807, 2.05) is 11.8 Å². The largest absolute Gasteiger partial charge is 0.491 e. The molecule has 1 atom stereocenters. The van der Waals surface area contributed by atoms with Crippen molar-refractivity contribution in [3.63, 3.8) is 0 Å². The van der Waals surface area contributed by atoms with Crippen molar-refractivity contribution >= 4 is 12.0 Å². The van der Waals surface area contributed by atoms with Crippen LogP contribution in [0.2, 0.25) is 0 Å². The molecule has 0 aromatic heterocycles. The maximum atomic E-state index is 13.0. The van der Waals surface area contributed by atoms with E-state index in [0.717, 1.165) is 18.4 Å². The summed E-state index contributed by atoms with van der Waals surface area (Å²) < 4.78 is 11.1. The lowest BCUT2D eigenvalue weighted by Crippen LogP contribution is -2.50. The highest BCUT2D eigenvalue weighted by Crippen LogP contribution is 2.28. The van der Waals surface area contributed by atoms with Gasteiger partial charge in [-0.1, -0.05) is 6.07 Å². The summed E-state index contributed by atoms with van der Waals surface area (Å²) in [5.74, 6) is -0.446. The van der Waals surface area contributed by atoms with Gasteiger partial charge in [0, 0.05) is 25.8 Å². The second kappa shape index (κ2) is 7.31. The highest BCUT2D eigenvalue weighted by molar-refractivity contribution is 5.88. The molecule has 1 N–H and O–H groups in total. The Morgan fingerprint density at radius 2 is 2.00 bits per heavy atom. The van der Waals surface area contributed by atoms with Crippen molar-refractivity contribution < 1.29 is 24.2 Å². The number of fused-ring (bicyclic) bond motifs is 1. The van der Waals surface area contributed by atoms with E-state index in [4.69, 9.17) is 14.6 Å². The van der Waals surface area contributed by atoms with Crippen molar-refractivity contribution in [3.8, 4) is 5.75 Å². The van der Waals surface area contributed by atoms with Crippen LogP contribution in [0, 0.1) is 0 Å². The van der Waals surface area contributed by atoms with Gasteiger partial charge in [-0.25, -0.2) is 9.59 Å². The Bertz CT molecular complexity index is 655. The lowest BCUT2D eigenvalue weighted by Gasteiger charge is -2.36. The van der Waals surface area contributed by atoms with Crippen LogP contribution in [-0.2, 0) is 11.3 Å². The average Bonchev–Trinajstić information content (AvgIpc) is 2.80. The molecule has 0 spiro atoms. The van der Waals surface area contributed by atoms with E-state index in [2.05, 4.69) is 0 Å². The summed E-state index contributed by atoms with van der Waals surface area (Å²) in [5.41, 5.74) is 1.02. The summed E-state index contributed by atoms with van der Waals surface area (Å²) in [7, 11) is 1.71. The van der Waals surface area contributed by atoms with Gasteiger partial charge in [-0.2, -0.15) is 0 Å². The number of ether oxygens (including phenoxy) is 2. The van der Waals surface area contributed by atoms with Gasteiger partial charge < -0.3 is 24.4 Å². The first-order valence-corrected chi connectivity index (χ1v) is 8.57. The van der Waals surface area contributed by atoms with Crippen LogP contribution < -0.4 is 4.74 Å². The van der Waals surface area contributed by atoms with Gasteiger partial charge in [0.15, 0.2) is 0 Å². The van der Waals surface area contributed by atoms with Crippen molar-refractivity contribution in [2.24, 2.45) is 0 Å². The molecule has 7 nitrogen and oxygen atoms in total. The van der Waals surface area contributed by atoms with Crippen LogP contribution in [0.3, 0.4) is 0 Å². The van der Waals surface area contributed by atoms with E-state index in [1.54, 1.807) is 24.1 Å². The summed E-state index contributed by atoms with van der Waals surface area (Å²) in [6.07, 6.45) is 1.92. The van der Waals surface area contributed by atoms with Crippen molar-refractivity contribution in [3.05, 3.63) is 29.3 Å². The molecule has 3 rings (SSSR count). The molecule has 2 aliphatic heterocycles. The second-order valence-corrected chi connectivity index (χ2v) is 6.62. The molecular formula is C18H24N2O5. The second-order valence-electron chi connectivity index (χ2n) is 6.62. The van der Waals surface area contributed by atoms with Crippen molar-refractivity contribution in [2.75, 3.05) is 26.8 Å². The minimum atomic E-state index is -0.988. The number of hydrogen-bond donors (Lipinski definition) is 1. The number of urea groups is 1. The van der Waals surface area contributed by atoms with Gasteiger partial charge in [-0.05, 0) is 31.9 Å². The minimum Gasteiger partial charge on any atom is -0.491 e. The van der Waals surface area contributed by atoms with Crippen LogP contribution in [0.15, 0.2) is 18.2 Å². The summed E-state index contributed by atoms with van der Waals surface area (Å²) >= 11 is 0. The van der Waals surface area contributed by atoms with Crippen LogP contribution in [0.4, 0.5) is 4.79 Å². The minimum absolute atomic E-state index is 0.000754. The first-order chi connectivity index (χ1) is 12.0. The monoisotopic (exact) mass is 348 g/mol. The molecular weight excluding hydrogens is 324 g/mol. The Balaban J connectivity index is 1.75. The zero-order valence-electron chi connectivity index (χ0n) is 14.6. The Hall–Kier alpha value is -2.28. The third-order valence-corrected chi connectivity index (χ3v) is 4.96. The Morgan fingerprint density at radius 3 is 2.64 bits per heavy atom. The highest BCUT2D eigenvalue weighted by atomic mass is 16.5. The standard InChI is InChI=1S/C18H24N2O5/c1-12-11-25-16-9-13(17(21)22)3-4-14(16)10-20(12)18(23)19-7-5-15(24-2)6-8-19/h3-4,9,12,15H,5-8,10-11H2,1-2H3,(H,21,22)/t12-/m0/s1.